The largest absolute Gasteiger partial charge is 0.343 e. The molecule has 2 aromatic rings. The van der Waals surface area contributed by atoms with Gasteiger partial charge in [0.2, 0.25) is 5.91 Å². The summed E-state index contributed by atoms with van der Waals surface area (Å²) in [5.41, 5.74) is 0.729. The van der Waals surface area contributed by atoms with E-state index in [0.29, 0.717) is 13.0 Å². The van der Waals surface area contributed by atoms with Crippen LogP contribution in [0.5, 0.6) is 0 Å². The third kappa shape index (κ3) is 3.32. The molecule has 4 amide bonds. The molecule has 8 heteroatoms. The smallest absolute Gasteiger partial charge is 0.327 e. The van der Waals surface area contributed by atoms with Gasteiger partial charge in [-0.2, -0.15) is 0 Å². The van der Waals surface area contributed by atoms with Crippen molar-refractivity contribution in [2.45, 2.75) is 24.9 Å². The summed E-state index contributed by atoms with van der Waals surface area (Å²) in [5.74, 6) is -1.09. The number of amides is 4. The van der Waals surface area contributed by atoms with E-state index in [1.807, 2.05) is 17.5 Å². The number of carbonyl (C=O) groups excluding carboxylic acids is 3. The molecule has 2 atom stereocenters. The molecule has 0 spiro atoms. The van der Waals surface area contributed by atoms with Gasteiger partial charge in [-0.05, 0) is 42.0 Å². The number of carbonyl (C=O) groups is 3. The predicted octanol–water partition coefficient (Wildman–Crippen LogP) is 2.52. The molecule has 0 bridgehead atoms. The van der Waals surface area contributed by atoms with Crippen molar-refractivity contribution in [3.63, 3.8) is 0 Å². The first-order valence-corrected chi connectivity index (χ1v) is 9.63. The number of hydrogen-bond donors (Lipinski definition) is 1. The van der Waals surface area contributed by atoms with Crippen LogP contribution in [0.3, 0.4) is 0 Å². The standard InChI is InChI=1S/C19H18FN3O3S/c20-13-7-5-12(6-8-13)17(15-4-2-10-27-15)21-16(24)11-23-18(25)14-3-1-9-22(14)19(23)26/h2,4-8,10,14,17H,1,3,9,11H2,(H,21,24)/t14-,17-/m0/s1. The molecule has 1 aromatic heterocycles. The summed E-state index contributed by atoms with van der Waals surface area (Å²) < 4.78 is 13.3. The molecule has 140 valence electrons. The lowest BCUT2D eigenvalue weighted by Gasteiger charge is -2.20. The first kappa shape index (κ1) is 17.7. The summed E-state index contributed by atoms with van der Waals surface area (Å²) in [4.78, 5) is 40.8. The minimum absolute atomic E-state index is 0.304. The van der Waals surface area contributed by atoms with Crippen molar-refractivity contribution < 1.29 is 18.8 Å². The number of hydrogen-bond acceptors (Lipinski definition) is 4. The maximum absolute atomic E-state index is 13.3. The van der Waals surface area contributed by atoms with Gasteiger partial charge in [-0.15, -0.1) is 11.3 Å². The van der Waals surface area contributed by atoms with Gasteiger partial charge in [0.15, 0.2) is 0 Å². The van der Waals surface area contributed by atoms with Crippen molar-refractivity contribution in [3.05, 3.63) is 58.0 Å². The van der Waals surface area contributed by atoms with E-state index < -0.39 is 24.0 Å². The van der Waals surface area contributed by atoms with Crippen LogP contribution in [0.2, 0.25) is 0 Å². The highest BCUT2D eigenvalue weighted by molar-refractivity contribution is 7.10. The van der Waals surface area contributed by atoms with Crippen LogP contribution in [0, 0.1) is 5.82 Å². The Balaban J connectivity index is 1.50. The van der Waals surface area contributed by atoms with Crippen LogP contribution in [0.4, 0.5) is 9.18 Å². The van der Waals surface area contributed by atoms with E-state index in [1.165, 1.54) is 28.4 Å². The highest BCUT2D eigenvalue weighted by Crippen LogP contribution is 2.28. The molecule has 2 saturated heterocycles. The number of fused-ring (bicyclic) bond motifs is 1. The van der Waals surface area contributed by atoms with Crippen molar-refractivity contribution in [3.8, 4) is 0 Å². The third-order valence-electron chi connectivity index (χ3n) is 4.92. The summed E-state index contributed by atoms with van der Waals surface area (Å²) in [7, 11) is 0. The van der Waals surface area contributed by atoms with E-state index >= 15 is 0 Å². The Bertz CT molecular complexity index is 847. The molecule has 0 radical (unpaired) electrons. The van der Waals surface area contributed by atoms with E-state index in [2.05, 4.69) is 5.32 Å². The van der Waals surface area contributed by atoms with Crippen LogP contribution in [-0.4, -0.2) is 46.8 Å². The van der Waals surface area contributed by atoms with Crippen molar-refractivity contribution in [2.75, 3.05) is 13.1 Å². The number of halogens is 1. The first-order chi connectivity index (χ1) is 13.0. The molecule has 2 aliphatic heterocycles. The number of nitrogens with one attached hydrogen (secondary N) is 1. The zero-order chi connectivity index (χ0) is 19.0. The summed E-state index contributed by atoms with van der Waals surface area (Å²) in [6, 6.07) is 8.36. The predicted molar refractivity (Wildman–Crippen MR) is 97.5 cm³/mol. The number of benzene rings is 1. The van der Waals surface area contributed by atoms with Gasteiger partial charge >= 0.3 is 6.03 Å². The number of nitrogens with zero attached hydrogens (tertiary/aromatic N) is 2. The average molecular weight is 387 g/mol. The van der Waals surface area contributed by atoms with Gasteiger partial charge in [0, 0.05) is 11.4 Å². The Hall–Kier alpha value is -2.74. The Morgan fingerprint density at radius 1 is 1.26 bits per heavy atom. The number of rotatable bonds is 5. The van der Waals surface area contributed by atoms with E-state index in [4.69, 9.17) is 0 Å². The van der Waals surface area contributed by atoms with Gasteiger partial charge in [0.25, 0.3) is 5.91 Å². The number of imide groups is 1. The molecular formula is C19H18FN3O3S. The zero-order valence-electron chi connectivity index (χ0n) is 14.4. The average Bonchev–Trinajstić information content (AvgIpc) is 3.38. The molecule has 0 unspecified atom stereocenters. The van der Waals surface area contributed by atoms with Crippen LogP contribution < -0.4 is 5.32 Å². The molecule has 0 aliphatic carbocycles. The third-order valence-corrected chi connectivity index (χ3v) is 5.86. The van der Waals surface area contributed by atoms with Crippen molar-refractivity contribution in [1.82, 2.24) is 15.1 Å². The van der Waals surface area contributed by atoms with Crippen molar-refractivity contribution >= 4 is 29.2 Å². The summed E-state index contributed by atoms with van der Waals surface area (Å²) in [6.07, 6.45) is 1.46. The van der Waals surface area contributed by atoms with Crippen LogP contribution >= 0.6 is 11.3 Å². The van der Waals surface area contributed by atoms with E-state index in [0.717, 1.165) is 21.8 Å². The van der Waals surface area contributed by atoms with E-state index in [1.54, 1.807) is 12.1 Å². The summed E-state index contributed by atoms with van der Waals surface area (Å²) in [5, 5.41) is 4.76. The quantitative estimate of drug-likeness (QED) is 0.802. The second-order valence-electron chi connectivity index (χ2n) is 6.63. The fourth-order valence-electron chi connectivity index (χ4n) is 3.61. The molecule has 2 fully saturated rings. The zero-order valence-corrected chi connectivity index (χ0v) is 15.2. The van der Waals surface area contributed by atoms with Crippen LogP contribution in [-0.2, 0) is 9.59 Å². The fourth-order valence-corrected chi connectivity index (χ4v) is 4.41. The molecular weight excluding hydrogens is 369 g/mol. The lowest BCUT2D eigenvalue weighted by molar-refractivity contribution is -0.132. The van der Waals surface area contributed by atoms with Crippen LogP contribution in [0.1, 0.15) is 29.3 Å². The molecule has 2 aliphatic rings. The number of urea groups is 1. The highest BCUT2D eigenvalue weighted by Gasteiger charge is 2.47. The van der Waals surface area contributed by atoms with Gasteiger partial charge < -0.3 is 10.2 Å². The SMILES string of the molecule is O=C(CN1C(=O)[C@@H]2CCCN2C1=O)N[C@@H](c1ccc(F)cc1)c1cccs1. The number of thiophene rings is 1. The lowest BCUT2D eigenvalue weighted by Crippen LogP contribution is -2.43. The topological polar surface area (TPSA) is 69.7 Å². The monoisotopic (exact) mass is 387 g/mol. The van der Waals surface area contributed by atoms with Gasteiger partial charge in [0.05, 0.1) is 6.04 Å². The summed E-state index contributed by atoms with van der Waals surface area (Å²) >= 11 is 1.47. The minimum Gasteiger partial charge on any atom is -0.343 e. The lowest BCUT2D eigenvalue weighted by atomic mass is 10.1. The first-order valence-electron chi connectivity index (χ1n) is 8.75. The van der Waals surface area contributed by atoms with Gasteiger partial charge in [0.1, 0.15) is 18.4 Å². The summed E-state index contributed by atoms with van der Waals surface area (Å²) in [6.45, 7) is 0.245. The molecule has 1 N–H and O–H groups in total. The fraction of sp³-hybridized carbons (Fsp3) is 0.316. The molecule has 0 saturated carbocycles. The molecule has 6 nitrogen and oxygen atoms in total. The Morgan fingerprint density at radius 2 is 2.04 bits per heavy atom. The van der Waals surface area contributed by atoms with Gasteiger partial charge in [-0.25, -0.2) is 9.18 Å². The normalized spacial score (nSPS) is 20.1. The second-order valence-corrected chi connectivity index (χ2v) is 7.61. The van der Waals surface area contributed by atoms with Crippen molar-refractivity contribution in [1.29, 1.82) is 0 Å². The molecule has 1 aromatic carbocycles. The van der Waals surface area contributed by atoms with Crippen molar-refractivity contribution in [2.24, 2.45) is 0 Å². The van der Waals surface area contributed by atoms with Crippen LogP contribution in [0.15, 0.2) is 41.8 Å². The van der Waals surface area contributed by atoms with Gasteiger partial charge in [-0.1, -0.05) is 18.2 Å². The van der Waals surface area contributed by atoms with E-state index in [-0.39, 0.29) is 18.3 Å². The second kappa shape index (κ2) is 7.11. The maximum atomic E-state index is 13.3. The van der Waals surface area contributed by atoms with Gasteiger partial charge in [-0.3, -0.25) is 14.5 Å². The van der Waals surface area contributed by atoms with Crippen LogP contribution in [0.25, 0.3) is 0 Å². The highest BCUT2D eigenvalue weighted by atomic mass is 32.1. The Labute approximate surface area is 159 Å². The minimum atomic E-state index is -0.467. The Kier molecular flexibility index (Phi) is 4.65. The maximum Gasteiger partial charge on any atom is 0.327 e. The molecule has 27 heavy (non-hydrogen) atoms. The molecule has 3 heterocycles. The Morgan fingerprint density at radius 3 is 2.70 bits per heavy atom. The van der Waals surface area contributed by atoms with E-state index in [9.17, 15) is 18.8 Å². The molecule has 4 rings (SSSR count).